The molecule has 0 aromatic carbocycles. The van der Waals surface area contributed by atoms with E-state index >= 15 is 0 Å². The average molecular weight is 984 g/mol. The van der Waals surface area contributed by atoms with Crippen LogP contribution in [0, 0.1) is 0 Å². The lowest BCUT2D eigenvalue weighted by Crippen LogP contribution is -2.30. The summed E-state index contributed by atoms with van der Waals surface area (Å²) in [4.78, 5) is 38.2. The summed E-state index contributed by atoms with van der Waals surface area (Å²) in [6.07, 6.45) is 71.5. The molecule has 1 unspecified atom stereocenters. The molecule has 0 aliphatic carbocycles. The molecule has 0 saturated carbocycles. The van der Waals surface area contributed by atoms with Crippen LogP contribution >= 0.6 is 0 Å². The number of allylic oxidation sites excluding steroid dienone is 6. The van der Waals surface area contributed by atoms with Crippen molar-refractivity contribution in [1.82, 2.24) is 0 Å². The van der Waals surface area contributed by atoms with E-state index < -0.39 is 6.10 Å². The van der Waals surface area contributed by atoms with Crippen LogP contribution in [0.1, 0.15) is 335 Å². The summed E-state index contributed by atoms with van der Waals surface area (Å²) in [5.41, 5.74) is 0. The molecular formula is C64H118O6. The molecule has 1 atom stereocenters. The van der Waals surface area contributed by atoms with E-state index in [1.54, 1.807) is 0 Å². The topological polar surface area (TPSA) is 78.9 Å². The van der Waals surface area contributed by atoms with E-state index in [-0.39, 0.29) is 31.1 Å². The van der Waals surface area contributed by atoms with E-state index in [9.17, 15) is 14.4 Å². The molecule has 0 amide bonds. The van der Waals surface area contributed by atoms with Gasteiger partial charge in [-0.2, -0.15) is 0 Å². The molecule has 0 aromatic heterocycles. The Bertz CT molecular complexity index is 1170. The quantitative estimate of drug-likeness (QED) is 0.0261. The summed E-state index contributed by atoms with van der Waals surface area (Å²) < 4.78 is 16.9. The predicted octanol–water partition coefficient (Wildman–Crippen LogP) is 20.8. The zero-order chi connectivity index (χ0) is 50.7. The van der Waals surface area contributed by atoms with Crippen LogP contribution in [0.2, 0.25) is 0 Å². The van der Waals surface area contributed by atoms with Gasteiger partial charge in [0.25, 0.3) is 0 Å². The fourth-order valence-corrected chi connectivity index (χ4v) is 9.18. The first-order chi connectivity index (χ1) is 34.5. The second kappa shape index (κ2) is 59.2. The van der Waals surface area contributed by atoms with Gasteiger partial charge in [0.1, 0.15) is 13.2 Å². The molecule has 0 saturated heterocycles. The lowest BCUT2D eigenvalue weighted by atomic mass is 10.1. The summed E-state index contributed by atoms with van der Waals surface area (Å²) >= 11 is 0. The monoisotopic (exact) mass is 983 g/mol. The molecule has 0 N–H and O–H groups in total. The number of carbonyl (C=O) groups excluding carboxylic acids is 3. The Labute approximate surface area is 435 Å². The van der Waals surface area contributed by atoms with Gasteiger partial charge in [0.15, 0.2) is 6.10 Å². The number of esters is 3. The minimum absolute atomic E-state index is 0.0706. The SMILES string of the molecule is CCCCCCC/C=C\C/C=C\CCCCCCCCCCCC(=O)OCC(COC(=O)CCCCCCCCCCCC)OC(=O)CCCCCCCCCCC/C=C\CCCCCCCCCC. The highest BCUT2D eigenvalue weighted by molar-refractivity contribution is 5.71. The van der Waals surface area contributed by atoms with Gasteiger partial charge < -0.3 is 14.2 Å². The Balaban J connectivity index is 4.25. The van der Waals surface area contributed by atoms with Gasteiger partial charge in [-0.1, -0.05) is 276 Å². The highest BCUT2D eigenvalue weighted by Gasteiger charge is 2.19. The second-order valence-corrected chi connectivity index (χ2v) is 21.0. The van der Waals surface area contributed by atoms with E-state index in [0.717, 1.165) is 64.2 Å². The van der Waals surface area contributed by atoms with Gasteiger partial charge in [-0.3, -0.25) is 14.4 Å². The summed E-state index contributed by atoms with van der Waals surface area (Å²) in [6.45, 7) is 6.66. The molecule has 410 valence electrons. The molecule has 70 heavy (non-hydrogen) atoms. The molecule has 6 nitrogen and oxygen atoms in total. The van der Waals surface area contributed by atoms with Crippen molar-refractivity contribution in [1.29, 1.82) is 0 Å². The van der Waals surface area contributed by atoms with Crippen molar-refractivity contribution in [3.05, 3.63) is 36.5 Å². The number of unbranched alkanes of at least 4 members (excludes halogenated alkanes) is 40. The smallest absolute Gasteiger partial charge is 0.306 e. The van der Waals surface area contributed by atoms with Crippen LogP contribution in [0.15, 0.2) is 36.5 Å². The van der Waals surface area contributed by atoms with Gasteiger partial charge in [-0.05, 0) is 77.0 Å². The van der Waals surface area contributed by atoms with Crippen molar-refractivity contribution < 1.29 is 28.6 Å². The third-order valence-corrected chi connectivity index (χ3v) is 13.9. The van der Waals surface area contributed by atoms with E-state index in [4.69, 9.17) is 14.2 Å². The minimum Gasteiger partial charge on any atom is -0.462 e. The van der Waals surface area contributed by atoms with E-state index in [2.05, 4.69) is 57.2 Å². The standard InChI is InChI=1S/C64H118O6/c1-4-7-10-13-16-19-22-24-26-28-30-32-34-36-38-40-42-45-48-51-54-57-63(66)69-60-61(59-68-62(65)56-53-50-47-44-21-18-15-12-9-6-3)70-64(67)58-55-52-49-46-43-41-39-37-35-33-31-29-27-25-23-20-17-14-11-8-5-2/h22,24,28-31,61H,4-21,23,25-27,32-60H2,1-3H3/b24-22-,30-28-,31-29-. The van der Waals surface area contributed by atoms with Gasteiger partial charge in [-0.25, -0.2) is 0 Å². The van der Waals surface area contributed by atoms with Gasteiger partial charge >= 0.3 is 17.9 Å². The molecule has 0 fully saturated rings. The Morgan fingerprint density at radius 1 is 0.286 bits per heavy atom. The molecule has 6 heteroatoms. The van der Waals surface area contributed by atoms with Crippen molar-refractivity contribution in [3.63, 3.8) is 0 Å². The molecule has 0 spiro atoms. The van der Waals surface area contributed by atoms with Crippen LogP contribution in [0.3, 0.4) is 0 Å². The lowest BCUT2D eigenvalue weighted by molar-refractivity contribution is -0.167. The molecular weight excluding hydrogens is 865 g/mol. The number of hydrogen-bond donors (Lipinski definition) is 0. The van der Waals surface area contributed by atoms with Gasteiger partial charge in [0.2, 0.25) is 0 Å². The maximum Gasteiger partial charge on any atom is 0.306 e. The van der Waals surface area contributed by atoms with Gasteiger partial charge in [0.05, 0.1) is 0 Å². The normalized spacial score (nSPS) is 12.2. The Morgan fingerprint density at radius 2 is 0.514 bits per heavy atom. The highest BCUT2D eigenvalue weighted by Crippen LogP contribution is 2.17. The summed E-state index contributed by atoms with van der Waals surface area (Å²) in [5.74, 6) is -0.859. The van der Waals surface area contributed by atoms with Gasteiger partial charge in [0, 0.05) is 19.3 Å². The van der Waals surface area contributed by atoms with Crippen molar-refractivity contribution in [2.75, 3.05) is 13.2 Å². The molecule has 0 rings (SSSR count). The number of ether oxygens (including phenoxy) is 3. The Morgan fingerprint density at radius 3 is 0.800 bits per heavy atom. The summed E-state index contributed by atoms with van der Waals surface area (Å²) in [7, 11) is 0. The summed E-state index contributed by atoms with van der Waals surface area (Å²) in [5, 5.41) is 0. The average Bonchev–Trinajstić information content (AvgIpc) is 3.36. The van der Waals surface area contributed by atoms with Crippen LogP contribution in [0.5, 0.6) is 0 Å². The third-order valence-electron chi connectivity index (χ3n) is 13.9. The Kier molecular flexibility index (Phi) is 57.2. The van der Waals surface area contributed by atoms with Crippen molar-refractivity contribution in [2.45, 2.75) is 341 Å². The number of rotatable bonds is 57. The number of hydrogen-bond acceptors (Lipinski definition) is 6. The second-order valence-electron chi connectivity index (χ2n) is 21.0. The zero-order valence-corrected chi connectivity index (χ0v) is 47.1. The summed E-state index contributed by atoms with van der Waals surface area (Å²) in [6, 6.07) is 0. The molecule has 0 aliphatic rings. The molecule has 0 aliphatic heterocycles. The van der Waals surface area contributed by atoms with Crippen LogP contribution in [0.4, 0.5) is 0 Å². The van der Waals surface area contributed by atoms with Crippen molar-refractivity contribution in [3.8, 4) is 0 Å². The maximum absolute atomic E-state index is 12.9. The van der Waals surface area contributed by atoms with E-state index in [1.165, 1.54) is 231 Å². The Hall–Kier alpha value is -2.37. The minimum atomic E-state index is -0.772. The highest BCUT2D eigenvalue weighted by atomic mass is 16.6. The maximum atomic E-state index is 12.9. The van der Waals surface area contributed by atoms with Crippen molar-refractivity contribution in [2.24, 2.45) is 0 Å². The van der Waals surface area contributed by atoms with Crippen molar-refractivity contribution >= 4 is 17.9 Å². The van der Waals surface area contributed by atoms with E-state index in [1.807, 2.05) is 0 Å². The zero-order valence-electron chi connectivity index (χ0n) is 47.1. The fourth-order valence-electron chi connectivity index (χ4n) is 9.18. The lowest BCUT2D eigenvalue weighted by Gasteiger charge is -2.18. The third kappa shape index (κ3) is 56.5. The molecule has 0 aromatic rings. The number of carbonyl (C=O) groups is 3. The first-order valence-electron chi connectivity index (χ1n) is 31.0. The van der Waals surface area contributed by atoms with E-state index in [0.29, 0.717) is 19.3 Å². The van der Waals surface area contributed by atoms with Crippen LogP contribution < -0.4 is 0 Å². The van der Waals surface area contributed by atoms with Crippen LogP contribution in [-0.4, -0.2) is 37.2 Å². The van der Waals surface area contributed by atoms with Crippen LogP contribution in [0.25, 0.3) is 0 Å². The van der Waals surface area contributed by atoms with Gasteiger partial charge in [-0.15, -0.1) is 0 Å². The first-order valence-corrected chi connectivity index (χ1v) is 31.0. The van der Waals surface area contributed by atoms with Crippen LogP contribution in [-0.2, 0) is 28.6 Å². The fraction of sp³-hybridized carbons (Fsp3) is 0.859. The largest absolute Gasteiger partial charge is 0.462 e. The molecule has 0 bridgehead atoms. The molecule has 0 radical (unpaired) electrons. The predicted molar refractivity (Wildman–Crippen MR) is 302 cm³/mol. The first kappa shape index (κ1) is 67.6. The molecule has 0 heterocycles.